The van der Waals surface area contributed by atoms with Gasteiger partial charge in [-0.05, 0) is 13.8 Å². The van der Waals surface area contributed by atoms with Crippen LogP contribution in [0, 0.1) is 13.8 Å². The van der Waals surface area contributed by atoms with E-state index in [4.69, 9.17) is 9.47 Å². The fraction of sp³-hybridized carbons (Fsp3) is 0.700. The van der Waals surface area contributed by atoms with Crippen LogP contribution in [0.3, 0.4) is 0 Å². The van der Waals surface area contributed by atoms with Gasteiger partial charge in [-0.3, -0.25) is 4.68 Å². The molecular formula is C10H19N3O2. The molecule has 0 aliphatic carbocycles. The first-order chi connectivity index (χ1) is 7.10. The second kappa shape index (κ2) is 5.14. The molecule has 1 aromatic rings. The van der Waals surface area contributed by atoms with Crippen LogP contribution < -0.4 is 5.32 Å². The van der Waals surface area contributed by atoms with Crippen molar-refractivity contribution in [1.82, 2.24) is 9.78 Å². The van der Waals surface area contributed by atoms with Gasteiger partial charge in [0.1, 0.15) is 0 Å². The average Bonchev–Trinajstić information content (AvgIpc) is 2.45. The molecule has 5 nitrogen and oxygen atoms in total. The van der Waals surface area contributed by atoms with E-state index in [1.165, 1.54) is 0 Å². The van der Waals surface area contributed by atoms with E-state index in [1.54, 1.807) is 14.2 Å². The number of nitrogens with zero attached hydrogens (tertiary/aromatic N) is 2. The topological polar surface area (TPSA) is 48.3 Å². The monoisotopic (exact) mass is 213 g/mol. The number of aromatic nitrogens is 2. The molecule has 15 heavy (non-hydrogen) atoms. The van der Waals surface area contributed by atoms with E-state index in [2.05, 4.69) is 10.4 Å². The SMILES string of the molecule is COC(CNc1c(C)nn(C)c1C)OC. The summed E-state index contributed by atoms with van der Waals surface area (Å²) in [6.07, 6.45) is -0.232. The number of anilines is 1. The largest absolute Gasteiger partial charge is 0.377 e. The Labute approximate surface area is 90.4 Å². The zero-order valence-corrected chi connectivity index (χ0v) is 10.00. The molecule has 0 bridgehead atoms. The number of nitrogens with one attached hydrogen (secondary N) is 1. The van der Waals surface area contributed by atoms with Crippen LogP contribution in [0.1, 0.15) is 11.4 Å². The molecule has 5 heteroatoms. The van der Waals surface area contributed by atoms with Crippen molar-refractivity contribution in [2.45, 2.75) is 20.1 Å². The van der Waals surface area contributed by atoms with Gasteiger partial charge in [-0.15, -0.1) is 0 Å². The molecule has 0 fully saturated rings. The van der Waals surface area contributed by atoms with Gasteiger partial charge in [-0.2, -0.15) is 5.10 Å². The van der Waals surface area contributed by atoms with E-state index in [9.17, 15) is 0 Å². The molecule has 1 N–H and O–H groups in total. The quantitative estimate of drug-likeness (QED) is 0.743. The number of ether oxygens (including phenoxy) is 2. The van der Waals surface area contributed by atoms with Gasteiger partial charge in [0, 0.05) is 21.3 Å². The van der Waals surface area contributed by atoms with Crippen LogP contribution in [0.25, 0.3) is 0 Å². The third kappa shape index (κ3) is 2.70. The highest BCUT2D eigenvalue weighted by Crippen LogP contribution is 2.18. The van der Waals surface area contributed by atoms with Crippen LogP contribution in [-0.4, -0.2) is 36.8 Å². The first-order valence-electron chi connectivity index (χ1n) is 4.89. The molecule has 1 heterocycles. The van der Waals surface area contributed by atoms with Crippen LogP contribution in [0.15, 0.2) is 0 Å². The van der Waals surface area contributed by atoms with E-state index in [1.807, 2.05) is 25.6 Å². The smallest absolute Gasteiger partial charge is 0.173 e. The fourth-order valence-corrected chi connectivity index (χ4v) is 1.48. The lowest BCUT2D eigenvalue weighted by Gasteiger charge is -2.14. The summed E-state index contributed by atoms with van der Waals surface area (Å²) in [5.41, 5.74) is 3.15. The minimum absolute atomic E-state index is 0.232. The minimum atomic E-state index is -0.232. The van der Waals surface area contributed by atoms with Crippen LogP contribution in [-0.2, 0) is 16.5 Å². The molecule has 0 spiro atoms. The molecule has 0 radical (unpaired) electrons. The van der Waals surface area contributed by atoms with Gasteiger partial charge < -0.3 is 14.8 Å². The molecule has 0 aromatic carbocycles. The Morgan fingerprint density at radius 3 is 2.33 bits per heavy atom. The van der Waals surface area contributed by atoms with Crippen molar-refractivity contribution in [3.8, 4) is 0 Å². The van der Waals surface area contributed by atoms with Crippen molar-refractivity contribution in [2.75, 3.05) is 26.1 Å². The summed E-state index contributed by atoms with van der Waals surface area (Å²) >= 11 is 0. The lowest BCUT2D eigenvalue weighted by Crippen LogP contribution is -2.24. The highest BCUT2D eigenvalue weighted by Gasteiger charge is 2.11. The van der Waals surface area contributed by atoms with E-state index in [0.29, 0.717) is 6.54 Å². The van der Waals surface area contributed by atoms with E-state index < -0.39 is 0 Å². The predicted molar refractivity (Wildman–Crippen MR) is 59.0 cm³/mol. The molecule has 0 atom stereocenters. The van der Waals surface area contributed by atoms with Crippen LogP contribution in [0.4, 0.5) is 5.69 Å². The van der Waals surface area contributed by atoms with Crippen molar-refractivity contribution in [3.63, 3.8) is 0 Å². The molecule has 86 valence electrons. The molecule has 0 saturated heterocycles. The second-order valence-electron chi connectivity index (χ2n) is 3.45. The third-order valence-corrected chi connectivity index (χ3v) is 2.48. The average molecular weight is 213 g/mol. The fourth-order valence-electron chi connectivity index (χ4n) is 1.48. The summed E-state index contributed by atoms with van der Waals surface area (Å²) in [6.45, 7) is 4.61. The van der Waals surface area contributed by atoms with Gasteiger partial charge in [0.05, 0.1) is 23.6 Å². The molecule has 0 unspecified atom stereocenters. The van der Waals surface area contributed by atoms with Crippen molar-refractivity contribution in [3.05, 3.63) is 11.4 Å². The zero-order chi connectivity index (χ0) is 11.4. The van der Waals surface area contributed by atoms with Crippen molar-refractivity contribution in [1.29, 1.82) is 0 Å². The summed E-state index contributed by atoms with van der Waals surface area (Å²) in [4.78, 5) is 0. The first kappa shape index (κ1) is 12.0. The Morgan fingerprint density at radius 2 is 1.93 bits per heavy atom. The molecule has 0 aliphatic heterocycles. The maximum Gasteiger partial charge on any atom is 0.173 e. The Kier molecular flexibility index (Phi) is 4.11. The molecule has 0 amide bonds. The Bertz CT molecular complexity index is 319. The number of rotatable bonds is 5. The summed E-state index contributed by atoms with van der Waals surface area (Å²) < 4.78 is 12.0. The standard InChI is InChI=1S/C10H19N3O2/c1-7-10(8(2)13(3)12-7)11-6-9(14-4)15-5/h9,11H,6H2,1-5H3. The van der Waals surface area contributed by atoms with Crippen molar-refractivity contribution in [2.24, 2.45) is 7.05 Å². The Hall–Kier alpha value is -1.07. The van der Waals surface area contributed by atoms with Gasteiger partial charge >= 0.3 is 0 Å². The molecule has 1 aromatic heterocycles. The number of hydrogen-bond acceptors (Lipinski definition) is 4. The van der Waals surface area contributed by atoms with Gasteiger partial charge in [-0.1, -0.05) is 0 Å². The maximum absolute atomic E-state index is 5.10. The summed E-state index contributed by atoms with van der Waals surface area (Å²) in [6, 6.07) is 0. The normalized spacial score (nSPS) is 11.1. The minimum Gasteiger partial charge on any atom is -0.377 e. The van der Waals surface area contributed by atoms with Gasteiger partial charge in [-0.25, -0.2) is 0 Å². The number of aryl methyl sites for hydroxylation is 2. The lowest BCUT2D eigenvalue weighted by molar-refractivity contribution is -0.0914. The van der Waals surface area contributed by atoms with Crippen LogP contribution in [0.5, 0.6) is 0 Å². The highest BCUT2D eigenvalue weighted by atomic mass is 16.7. The Morgan fingerprint density at radius 1 is 1.33 bits per heavy atom. The summed E-state index contributed by atoms with van der Waals surface area (Å²) in [7, 11) is 5.18. The molecule has 0 saturated carbocycles. The van der Waals surface area contributed by atoms with E-state index >= 15 is 0 Å². The summed E-state index contributed by atoms with van der Waals surface area (Å²) in [5.74, 6) is 0. The number of methoxy groups -OCH3 is 2. The number of hydrogen-bond donors (Lipinski definition) is 1. The van der Waals surface area contributed by atoms with Crippen LogP contribution >= 0.6 is 0 Å². The predicted octanol–water partition coefficient (Wildman–Crippen LogP) is 1.07. The van der Waals surface area contributed by atoms with Crippen molar-refractivity contribution >= 4 is 5.69 Å². The van der Waals surface area contributed by atoms with Crippen LogP contribution in [0.2, 0.25) is 0 Å². The van der Waals surface area contributed by atoms with Gasteiger partial charge in [0.25, 0.3) is 0 Å². The highest BCUT2D eigenvalue weighted by molar-refractivity contribution is 5.51. The zero-order valence-electron chi connectivity index (χ0n) is 10.00. The first-order valence-corrected chi connectivity index (χ1v) is 4.89. The summed E-state index contributed by atoms with van der Waals surface area (Å²) in [5, 5.41) is 7.58. The molecule has 0 aliphatic rings. The van der Waals surface area contributed by atoms with E-state index in [0.717, 1.165) is 17.1 Å². The van der Waals surface area contributed by atoms with Crippen molar-refractivity contribution < 1.29 is 9.47 Å². The molecular weight excluding hydrogens is 194 g/mol. The second-order valence-corrected chi connectivity index (χ2v) is 3.45. The van der Waals surface area contributed by atoms with Gasteiger partial charge in [0.2, 0.25) is 0 Å². The molecule has 1 rings (SSSR count). The lowest BCUT2D eigenvalue weighted by atomic mass is 10.3. The third-order valence-electron chi connectivity index (χ3n) is 2.48. The van der Waals surface area contributed by atoms with E-state index in [-0.39, 0.29) is 6.29 Å². The maximum atomic E-state index is 5.10. The van der Waals surface area contributed by atoms with Gasteiger partial charge in [0.15, 0.2) is 6.29 Å². The Balaban J connectivity index is 2.64.